The van der Waals surface area contributed by atoms with E-state index >= 15 is 0 Å². The summed E-state index contributed by atoms with van der Waals surface area (Å²) in [5, 5.41) is 0. The molecule has 1 nitrogen and oxygen atoms in total. The molecule has 0 amide bonds. The maximum Gasteiger partial charge on any atom is 0.0637 e. The molecule has 20 heavy (non-hydrogen) atoms. The van der Waals surface area contributed by atoms with Crippen molar-refractivity contribution in [1.82, 2.24) is 0 Å². The molecule has 0 radical (unpaired) electrons. The van der Waals surface area contributed by atoms with Crippen LogP contribution >= 0.6 is 0 Å². The normalized spacial score (nSPS) is 14.1. The monoisotopic (exact) mass is 267 g/mol. The number of nitrogens with two attached hydrogens (primary N) is 1. The lowest BCUT2D eigenvalue weighted by molar-refractivity contribution is 0.602. The van der Waals surface area contributed by atoms with Gasteiger partial charge < -0.3 is 5.73 Å². The third-order valence-corrected chi connectivity index (χ3v) is 4.20. The topological polar surface area (TPSA) is 26.0 Å². The standard InChI is InChI=1S/C19H25N/c1-5-6-16-8-11-17(12-9-16)19(4,20)18-10-7-14(2)15(3)13-18/h7-13H,5-6,20H2,1-4H3. The molecule has 106 valence electrons. The summed E-state index contributed by atoms with van der Waals surface area (Å²) in [5.41, 5.74) is 12.5. The Bertz CT molecular complexity index is 579. The summed E-state index contributed by atoms with van der Waals surface area (Å²) in [6, 6.07) is 15.2. The number of benzene rings is 2. The Balaban J connectivity index is 2.35. The quantitative estimate of drug-likeness (QED) is 0.868. The van der Waals surface area contributed by atoms with Gasteiger partial charge in [0.15, 0.2) is 0 Å². The van der Waals surface area contributed by atoms with Crippen LogP contribution < -0.4 is 5.73 Å². The van der Waals surface area contributed by atoms with Crippen molar-refractivity contribution < 1.29 is 0 Å². The van der Waals surface area contributed by atoms with E-state index in [2.05, 4.69) is 70.2 Å². The van der Waals surface area contributed by atoms with Crippen LogP contribution in [0.1, 0.15) is 48.1 Å². The fourth-order valence-electron chi connectivity index (χ4n) is 2.54. The van der Waals surface area contributed by atoms with E-state index in [1.54, 1.807) is 0 Å². The van der Waals surface area contributed by atoms with Gasteiger partial charge >= 0.3 is 0 Å². The minimum atomic E-state index is -0.441. The summed E-state index contributed by atoms with van der Waals surface area (Å²) < 4.78 is 0. The van der Waals surface area contributed by atoms with Gasteiger partial charge in [-0.15, -0.1) is 0 Å². The van der Waals surface area contributed by atoms with Crippen molar-refractivity contribution in [3.05, 3.63) is 70.3 Å². The van der Waals surface area contributed by atoms with Crippen molar-refractivity contribution in [2.24, 2.45) is 5.73 Å². The molecular formula is C19H25N. The molecular weight excluding hydrogens is 242 g/mol. The second-order valence-corrected chi connectivity index (χ2v) is 5.95. The van der Waals surface area contributed by atoms with Gasteiger partial charge in [0.05, 0.1) is 5.54 Å². The second-order valence-electron chi connectivity index (χ2n) is 5.95. The SMILES string of the molecule is CCCc1ccc(C(C)(N)c2ccc(C)c(C)c2)cc1. The van der Waals surface area contributed by atoms with Crippen LogP contribution in [-0.2, 0) is 12.0 Å². The van der Waals surface area contributed by atoms with Crippen LogP contribution in [0.15, 0.2) is 42.5 Å². The number of aryl methyl sites for hydroxylation is 3. The van der Waals surface area contributed by atoms with Gasteiger partial charge in [-0.1, -0.05) is 55.8 Å². The Morgan fingerprint density at radius 2 is 1.50 bits per heavy atom. The van der Waals surface area contributed by atoms with Crippen LogP contribution in [0.25, 0.3) is 0 Å². The summed E-state index contributed by atoms with van der Waals surface area (Å²) in [4.78, 5) is 0. The highest BCUT2D eigenvalue weighted by molar-refractivity contribution is 5.41. The maximum atomic E-state index is 6.60. The van der Waals surface area contributed by atoms with Gasteiger partial charge in [-0.05, 0) is 55.0 Å². The lowest BCUT2D eigenvalue weighted by Crippen LogP contribution is -2.34. The van der Waals surface area contributed by atoms with E-state index < -0.39 is 5.54 Å². The maximum absolute atomic E-state index is 6.60. The third kappa shape index (κ3) is 2.94. The zero-order valence-corrected chi connectivity index (χ0v) is 13.0. The zero-order valence-electron chi connectivity index (χ0n) is 13.0. The minimum Gasteiger partial charge on any atom is -0.318 e. The molecule has 0 saturated carbocycles. The van der Waals surface area contributed by atoms with Crippen LogP contribution in [0.4, 0.5) is 0 Å². The van der Waals surface area contributed by atoms with Crippen molar-refractivity contribution in [3.63, 3.8) is 0 Å². The largest absolute Gasteiger partial charge is 0.318 e. The number of hydrogen-bond donors (Lipinski definition) is 1. The molecule has 0 aliphatic carbocycles. The first-order valence-electron chi connectivity index (χ1n) is 7.41. The predicted octanol–water partition coefficient (Wildman–Crippen LogP) is 4.48. The van der Waals surface area contributed by atoms with Crippen LogP contribution in [0, 0.1) is 13.8 Å². The Kier molecular flexibility index (Phi) is 4.29. The molecule has 2 N–H and O–H groups in total. The van der Waals surface area contributed by atoms with Crippen molar-refractivity contribution in [1.29, 1.82) is 0 Å². The fourth-order valence-corrected chi connectivity index (χ4v) is 2.54. The smallest absolute Gasteiger partial charge is 0.0637 e. The van der Waals surface area contributed by atoms with E-state index in [0.29, 0.717) is 0 Å². The van der Waals surface area contributed by atoms with E-state index in [9.17, 15) is 0 Å². The molecule has 0 aliphatic heterocycles. The third-order valence-electron chi connectivity index (χ3n) is 4.20. The lowest BCUT2D eigenvalue weighted by Gasteiger charge is -2.27. The molecule has 0 aliphatic rings. The van der Waals surface area contributed by atoms with Gasteiger partial charge in [0.25, 0.3) is 0 Å². The average molecular weight is 267 g/mol. The Morgan fingerprint density at radius 1 is 0.900 bits per heavy atom. The molecule has 1 unspecified atom stereocenters. The Hall–Kier alpha value is -1.60. The van der Waals surface area contributed by atoms with Crippen LogP contribution in [0.3, 0.4) is 0 Å². The van der Waals surface area contributed by atoms with E-state index in [-0.39, 0.29) is 0 Å². The first kappa shape index (κ1) is 14.8. The van der Waals surface area contributed by atoms with Gasteiger partial charge in [-0.3, -0.25) is 0 Å². The average Bonchev–Trinajstić information content (AvgIpc) is 2.43. The van der Waals surface area contributed by atoms with Gasteiger partial charge in [0.1, 0.15) is 0 Å². The molecule has 1 heteroatoms. The predicted molar refractivity (Wildman–Crippen MR) is 87.0 cm³/mol. The van der Waals surface area contributed by atoms with Crippen molar-refractivity contribution in [2.45, 2.75) is 46.1 Å². The summed E-state index contributed by atoms with van der Waals surface area (Å²) >= 11 is 0. The molecule has 0 bridgehead atoms. The summed E-state index contributed by atoms with van der Waals surface area (Å²) in [6.45, 7) is 8.56. The highest BCUT2D eigenvalue weighted by Gasteiger charge is 2.23. The van der Waals surface area contributed by atoms with Crippen molar-refractivity contribution in [3.8, 4) is 0 Å². The van der Waals surface area contributed by atoms with Crippen LogP contribution in [0.2, 0.25) is 0 Å². The molecule has 2 rings (SSSR count). The minimum absolute atomic E-state index is 0.441. The first-order chi connectivity index (χ1) is 9.45. The van der Waals surface area contributed by atoms with E-state index in [4.69, 9.17) is 5.73 Å². The van der Waals surface area contributed by atoms with Crippen LogP contribution in [0.5, 0.6) is 0 Å². The Morgan fingerprint density at radius 3 is 2.05 bits per heavy atom. The van der Waals surface area contributed by atoms with Crippen molar-refractivity contribution >= 4 is 0 Å². The van der Waals surface area contributed by atoms with E-state index in [0.717, 1.165) is 6.42 Å². The van der Waals surface area contributed by atoms with E-state index in [1.807, 2.05) is 0 Å². The van der Waals surface area contributed by atoms with Gasteiger partial charge in [-0.25, -0.2) is 0 Å². The molecule has 0 fully saturated rings. The van der Waals surface area contributed by atoms with E-state index in [1.165, 1.54) is 34.2 Å². The lowest BCUT2D eigenvalue weighted by atomic mass is 9.84. The number of hydrogen-bond acceptors (Lipinski definition) is 1. The summed E-state index contributed by atoms with van der Waals surface area (Å²) in [5.74, 6) is 0. The fraction of sp³-hybridized carbons (Fsp3) is 0.368. The van der Waals surface area contributed by atoms with Gasteiger partial charge in [-0.2, -0.15) is 0 Å². The molecule has 0 spiro atoms. The number of rotatable bonds is 4. The molecule has 0 aromatic heterocycles. The highest BCUT2D eigenvalue weighted by atomic mass is 14.7. The summed E-state index contributed by atoms with van der Waals surface area (Å²) in [7, 11) is 0. The molecule has 1 atom stereocenters. The Labute approximate surface area is 122 Å². The molecule has 2 aromatic carbocycles. The highest BCUT2D eigenvalue weighted by Crippen LogP contribution is 2.28. The molecule has 2 aromatic rings. The zero-order chi connectivity index (χ0) is 14.8. The summed E-state index contributed by atoms with van der Waals surface area (Å²) in [6.07, 6.45) is 2.31. The first-order valence-corrected chi connectivity index (χ1v) is 7.41. The van der Waals surface area contributed by atoms with Gasteiger partial charge in [0, 0.05) is 0 Å². The molecule has 0 heterocycles. The molecule has 0 saturated heterocycles. The second kappa shape index (κ2) is 5.80. The van der Waals surface area contributed by atoms with Crippen molar-refractivity contribution in [2.75, 3.05) is 0 Å². The van der Waals surface area contributed by atoms with Gasteiger partial charge in [0.2, 0.25) is 0 Å². The van der Waals surface area contributed by atoms with Crippen LogP contribution in [-0.4, -0.2) is 0 Å².